The molecule has 116 valence electrons. The molecule has 1 fully saturated rings. The van der Waals surface area contributed by atoms with Crippen LogP contribution in [0.2, 0.25) is 0 Å². The van der Waals surface area contributed by atoms with Crippen molar-refractivity contribution in [1.29, 1.82) is 0 Å². The number of halogens is 5. The van der Waals surface area contributed by atoms with E-state index in [4.69, 9.17) is 5.73 Å². The summed E-state index contributed by atoms with van der Waals surface area (Å²) in [7, 11) is 0. The van der Waals surface area contributed by atoms with Gasteiger partial charge in [-0.3, -0.25) is 4.90 Å². The van der Waals surface area contributed by atoms with Gasteiger partial charge in [-0.25, -0.2) is 4.39 Å². The number of rotatable bonds is 3. The first-order valence-corrected chi connectivity index (χ1v) is 7.47. The fraction of sp³-hybridized carbons (Fsp3) is 0.500. The van der Waals surface area contributed by atoms with E-state index >= 15 is 0 Å². The van der Waals surface area contributed by atoms with E-state index in [9.17, 15) is 4.39 Å². The Morgan fingerprint density at radius 2 is 1.85 bits per heavy atom. The van der Waals surface area contributed by atoms with Crippen LogP contribution in [0.25, 0.3) is 0 Å². The average molecular weight is 454 g/mol. The van der Waals surface area contributed by atoms with Gasteiger partial charge >= 0.3 is 0 Å². The van der Waals surface area contributed by atoms with Crippen LogP contribution in [-0.4, -0.2) is 37.8 Å². The molecule has 0 radical (unpaired) electrons. The zero-order valence-electron chi connectivity index (χ0n) is 10.7. The highest BCUT2D eigenvalue weighted by molar-refractivity contribution is 9.11. The molecule has 1 aliphatic rings. The van der Waals surface area contributed by atoms with Crippen LogP contribution >= 0.6 is 56.7 Å². The molecule has 2 rings (SSSR count). The molecular weight excluding hydrogens is 436 g/mol. The first-order chi connectivity index (χ1) is 8.63. The Hall–Kier alpha value is 0.410. The molecule has 1 aromatic rings. The Labute approximate surface area is 147 Å². The van der Waals surface area contributed by atoms with Crippen molar-refractivity contribution in [3.63, 3.8) is 0 Å². The van der Waals surface area contributed by atoms with Crippen molar-refractivity contribution in [3.8, 4) is 0 Å². The third-order valence-electron chi connectivity index (χ3n) is 3.22. The van der Waals surface area contributed by atoms with E-state index in [0.29, 0.717) is 5.69 Å². The fourth-order valence-corrected chi connectivity index (χ4v) is 3.51. The number of nitrogen functional groups attached to an aromatic ring is 1. The Morgan fingerprint density at radius 3 is 2.40 bits per heavy atom. The second kappa shape index (κ2) is 9.43. The minimum absolute atomic E-state index is 0. The molecule has 3 nitrogen and oxygen atoms in total. The summed E-state index contributed by atoms with van der Waals surface area (Å²) in [6.45, 7) is 3.06. The van der Waals surface area contributed by atoms with Crippen molar-refractivity contribution in [1.82, 2.24) is 10.2 Å². The van der Waals surface area contributed by atoms with Gasteiger partial charge in [0.2, 0.25) is 0 Å². The van der Waals surface area contributed by atoms with Crippen LogP contribution in [0, 0.1) is 0 Å². The van der Waals surface area contributed by atoms with Crippen LogP contribution in [0.15, 0.2) is 21.1 Å². The van der Waals surface area contributed by atoms with E-state index in [1.54, 1.807) is 0 Å². The van der Waals surface area contributed by atoms with Gasteiger partial charge in [-0.1, -0.05) is 15.9 Å². The van der Waals surface area contributed by atoms with Crippen LogP contribution in [0.1, 0.15) is 11.6 Å². The lowest BCUT2D eigenvalue weighted by molar-refractivity contribution is 0.148. The minimum Gasteiger partial charge on any atom is -0.398 e. The summed E-state index contributed by atoms with van der Waals surface area (Å²) in [5, 5.41) is 3.27. The Bertz CT molecular complexity index is 431. The van der Waals surface area contributed by atoms with Gasteiger partial charge in [0, 0.05) is 35.1 Å². The number of piperazine rings is 1. The highest BCUT2D eigenvalue weighted by Crippen LogP contribution is 2.34. The summed E-state index contributed by atoms with van der Waals surface area (Å²) < 4.78 is 15.1. The van der Waals surface area contributed by atoms with E-state index in [-0.39, 0.29) is 30.9 Å². The van der Waals surface area contributed by atoms with E-state index in [0.717, 1.165) is 40.7 Å². The molecule has 0 bridgehead atoms. The van der Waals surface area contributed by atoms with E-state index in [2.05, 4.69) is 42.1 Å². The molecule has 20 heavy (non-hydrogen) atoms. The van der Waals surface area contributed by atoms with Crippen molar-refractivity contribution in [2.75, 3.05) is 38.6 Å². The van der Waals surface area contributed by atoms with Crippen molar-refractivity contribution in [3.05, 3.63) is 26.6 Å². The first kappa shape index (κ1) is 20.4. The maximum atomic E-state index is 13.4. The zero-order valence-corrected chi connectivity index (χ0v) is 15.5. The third-order valence-corrected chi connectivity index (χ3v) is 4.34. The summed E-state index contributed by atoms with van der Waals surface area (Å²) >= 11 is 6.84. The monoisotopic (exact) mass is 451 g/mol. The Balaban J connectivity index is 0.00000180. The number of nitrogens with zero attached hydrogens (tertiary/aromatic N) is 1. The SMILES string of the molecule is Cl.Cl.Nc1c(Br)cc(Br)cc1[C@H](CF)N1CCNCC1. The second-order valence-corrected chi connectivity index (χ2v) is 6.12. The molecular formula is C12H18Br2Cl2FN3. The number of hydrogen-bond donors (Lipinski definition) is 2. The van der Waals surface area contributed by atoms with Crippen LogP contribution in [0.3, 0.4) is 0 Å². The fourth-order valence-electron chi connectivity index (χ4n) is 2.25. The van der Waals surface area contributed by atoms with Crippen LogP contribution < -0.4 is 11.1 Å². The van der Waals surface area contributed by atoms with Crippen LogP contribution in [0.4, 0.5) is 10.1 Å². The predicted octanol–water partition coefficient (Wildman–Crippen LogP) is 3.55. The van der Waals surface area contributed by atoms with Gasteiger partial charge in [0.15, 0.2) is 0 Å². The van der Waals surface area contributed by atoms with E-state index in [1.807, 2.05) is 12.1 Å². The predicted molar refractivity (Wildman–Crippen MR) is 93.9 cm³/mol. The van der Waals surface area contributed by atoms with Gasteiger partial charge in [-0.05, 0) is 33.6 Å². The quantitative estimate of drug-likeness (QED) is 0.688. The Kier molecular flexibility index (Phi) is 9.63. The molecule has 0 saturated carbocycles. The molecule has 0 amide bonds. The summed E-state index contributed by atoms with van der Waals surface area (Å²) in [4.78, 5) is 2.14. The maximum Gasteiger partial charge on any atom is 0.109 e. The maximum absolute atomic E-state index is 13.4. The van der Waals surface area contributed by atoms with Gasteiger partial charge < -0.3 is 11.1 Å². The molecule has 0 spiro atoms. The standard InChI is InChI=1S/C12H16Br2FN3.2ClH/c13-8-5-9(12(16)10(14)6-8)11(7-15)18-3-1-17-2-4-18;;/h5-6,11,17H,1-4,7,16H2;2*1H/t11-;;/m0../s1. The van der Waals surface area contributed by atoms with Gasteiger partial charge in [0.1, 0.15) is 6.67 Å². The number of alkyl halides is 1. The first-order valence-electron chi connectivity index (χ1n) is 5.88. The van der Waals surface area contributed by atoms with Crippen LogP contribution in [-0.2, 0) is 0 Å². The molecule has 1 aliphatic heterocycles. The average Bonchev–Trinajstić information content (AvgIpc) is 2.37. The van der Waals surface area contributed by atoms with Gasteiger partial charge in [0.25, 0.3) is 0 Å². The number of benzene rings is 1. The van der Waals surface area contributed by atoms with Gasteiger partial charge in [-0.2, -0.15) is 0 Å². The molecule has 0 unspecified atom stereocenters. The minimum atomic E-state index is -0.424. The highest BCUT2D eigenvalue weighted by atomic mass is 79.9. The number of nitrogens with two attached hydrogens (primary N) is 1. The van der Waals surface area contributed by atoms with Crippen molar-refractivity contribution >= 4 is 62.4 Å². The van der Waals surface area contributed by atoms with Crippen molar-refractivity contribution in [2.45, 2.75) is 6.04 Å². The molecule has 0 aromatic heterocycles. The smallest absolute Gasteiger partial charge is 0.109 e. The second-order valence-electron chi connectivity index (χ2n) is 4.35. The lowest BCUT2D eigenvalue weighted by Gasteiger charge is -2.34. The van der Waals surface area contributed by atoms with Crippen molar-refractivity contribution < 1.29 is 4.39 Å². The summed E-state index contributed by atoms with van der Waals surface area (Å²) in [5.41, 5.74) is 7.53. The topological polar surface area (TPSA) is 41.3 Å². The molecule has 1 saturated heterocycles. The molecule has 1 atom stereocenters. The normalized spacial score (nSPS) is 16.9. The number of nitrogens with one attached hydrogen (secondary N) is 1. The number of hydrogen-bond acceptors (Lipinski definition) is 3. The van der Waals surface area contributed by atoms with Crippen LogP contribution in [0.5, 0.6) is 0 Å². The molecule has 1 heterocycles. The van der Waals surface area contributed by atoms with E-state index in [1.165, 1.54) is 0 Å². The summed E-state index contributed by atoms with van der Waals surface area (Å²) in [6.07, 6.45) is 0. The Morgan fingerprint density at radius 1 is 1.25 bits per heavy atom. The summed E-state index contributed by atoms with van der Waals surface area (Å²) in [5.74, 6) is 0. The lowest BCUT2D eigenvalue weighted by Crippen LogP contribution is -2.45. The van der Waals surface area contributed by atoms with Crippen molar-refractivity contribution in [2.24, 2.45) is 0 Å². The molecule has 3 N–H and O–H groups in total. The highest BCUT2D eigenvalue weighted by Gasteiger charge is 2.24. The third kappa shape index (κ3) is 4.71. The number of anilines is 1. The van der Waals surface area contributed by atoms with Gasteiger partial charge in [-0.15, -0.1) is 24.8 Å². The lowest BCUT2D eigenvalue weighted by atomic mass is 10.0. The molecule has 0 aliphatic carbocycles. The zero-order chi connectivity index (χ0) is 13.1. The van der Waals surface area contributed by atoms with E-state index < -0.39 is 6.67 Å². The molecule has 1 aromatic carbocycles. The molecule has 8 heteroatoms. The largest absolute Gasteiger partial charge is 0.398 e. The summed E-state index contributed by atoms with van der Waals surface area (Å²) in [6, 6.07) is 3.53. The van der Waals surface area contributed by atoms with Gasteiger partial charge in [0.05, 0.1) is 11.7 Å².